The zero-order chi connectivity index (χ0) is 12.3. The smallest absolute Gasteiger partial charge is 0.0428 e. The summed E-state index contributed by atoms with van der Waals surface area (Å²) in [5.74, 6) is 0. The molecule has 1 aromatic carbocycles. The van der Waals surface area contributed by atoms with Gasteiger partial charge in [0.25, 0.3) is 0 Å². The summed E-state index contributed by atoms with van der Waals surface area (Å²) < 4.78 is 2.22. The largest absolute Gasteiger partial charge is 0.398 e. The Bertz CT molecular complexity index is 501. The lowest BCUT2D eigenvalue weighted by Crippen LogP contribution is -1.98. The summed E-state index contributed by atoms with van der Waals surface area (Å²) in [7, 11) is 0. The molecule has 0 amide bonds. The van der Waals surface area contributed by atoms with Crippen molar-refractivity contribution in [3.63, 3.8) is 0 Å². The summed E-state index contributed by atoms with van der Waals surface area (Å²) in [6.45, 7) is 4.11. The first-order chi connectivity index (χ1) is 8.24. The average molecular weight is 451 g/mol. The number of fused-ring (bicyclic) bond motifs is 1. The lowest BCUT2D eigenvalue weighted by atomic mass is 9.98. The van der Waals surface area contributed by atoms with Crippen LogP contribution >= 0.6 is 35.4 Å². The van der Waals surface area contributed by atoms with Crippen LogP contribution in [-0.4, -0.2) is 4.01 Å². The summed E-state index contributed by atoms with van der Waals surface area (Å²) >= 11 is 2.61. The topological polar surface area (TPSA) is 26.0 Å². The fraction of sp³-hybridized carbons (Fsp3) is 0.214. The molecule has 1 aliphatic carbocycles. The second kappa shape index (κ2) is 6.13. The van der Waals surface area contributed by atoms with Gasteiger partial charge in [0, 0.05) is 11.3 Å². The molecule has 0 heterocycles. The molecule has 3 heteroatoms. The van der Waals surface area contributed by atoms with Crippen LogP contribution in [0.15, 0.2) is 30.9 Å². The van der Waals surface area contributed by atoms with Crippen LogP contribution in [0.5, 0.6) is 0 Å². The highest BCUT2D eigenvalue weighted by molar-refractivity contribution is 15.0. The molecule has 0 spiro atoms. The number of allylic oxidation sites excluding steroid dienone is 3. The molecule has 90 valence electrons. The van der Waals surface area contributed by atoms with E-state index in [9.17, 15) is 0 Å². The van der Waals surface area contributed by atoms with Gasteiger partial charge in [-0.2, -0.15) is 0 Å². The van der Waals surface area contributed by atoms with E-state index < -0.39 is 0 Å². The first-order valence-electron chi connectivity index (χ1n) is 5.58. The van der Waals surface area contributed by atoms with Crippen LogP contribution in [0.25, 0.3) is 5.57 Å². The van der Waals surface area contributed by atoms with Crippen molar-refractivity contribution < 1.29 is 0 Å². The number of halogens is 2. The fourth-order valence-electron chi connectivity index (χ4n) is 2.24. The second-order valence-electron chi connectivity index (χ2n) is 4.11. The minimum Gasteiger partial charge on any atom is -0.398 e. The molecule has 0 atom stereocenters. The van der Waals surface area contributed by atoms with Gasteiger partial charge in [-0.15, -0.1) is 0 Å². The van der Waals surface area contributed by atoms with E-state index >= 15 is 0 Å². The lowest BCUT2D eigenvalue weighted by Gasteiger charge is -2.10. The minimum absolute atomic E-state index is 0.178. The fourth-order valence-corrected chi connectivity index (χ4v) is 3.66. The Labute approximate surface area is 122 Å². The Morgan fingerprint density at radius 1 is 1.41 bits per heavy atom. The van der Waals surface area contributed by atoms with Gasteiger partial charge in [-0.25, -0.2) is 0 Å². The number of rotatable bonds is 3. The molecule has 0 saturated carbocycles. The quantitative estimate of drug-likeness (QED) is 0.411. The van der Waals surface area contributed by atoms with E-state index in [-0.39, 0.29) is 16.8 Å². The van der Waals surface area contributed by atoms with E-state index in [1.807, 2.05) is 0 Å². The molecule has 1 nitrogen and oxygen atoms in total. The molecule has 2 rings (SSSR count). The van der Waals surface area contributed by atoms with E-state index in [4.69, 9.17) is 5.73 Å². The van der Waals surface area contributed by atoms with E-state index in [2.05, 4.69) is 53.5 Å². The molecule has 0 unspecified atom stereocenters. The van der Waals surface area contributed by atoms with Crippen molar-refractivity contribution in [3.05, 3.63) is 47.6 Å². The van der Waals surface area contributed by atoms with Gasteiger partial charge in [0.2, 0.25) is 0 Å². The summed E-state index contributed by atoms with van der Waals surface area (Å²) in [4.78, 5) is 0. The van der Waals surface area contributed by atoms with Crippen LogP contribution in [0.2, 0.25) is 0 Å². The number of hydrogen-bond donors (Lipinski definition) is 1. The van der Waals surface area contributed by atoms with Crippen LogP contribution in [0.4, 0.5) is 5.69 Å². The molecule has 0 radical (unpaired) electrons. The third-order valence-corrected chi connectivity index (χ3v) is 5.60. The van der Waals surface area contributed by atoms with E-state index in [0.717, 1.165) is 23.2 Å². The van der Waals surface area contributed by atoms with Crippen LogP contribution in [0.1, 0.15) is 23.1 Å². The summed E-state index contributed by atoms with van der Waals surface area (Å²) in [6, 6.07) is 4.33. The van der Waals surface area contributed by atoms with Crippen LogP contribution in [0, 0.1) is 0 Å². The summed E-state index contributed by atoms with van der Waals surface area (Å²) in [6.07, 6.45) is 7.69. The van der Waals surface area contributed by atoms with Crippen molar-refractivity contribution in [3.8, 4) is 0 Å². The van der Waals surface area contributed by atoms with Gasteiger partial charge in [-0.3, -0.25) is 0 Å². The summed E-state index contributed by atoms with van der Waals surface area (Å²) in [5, 5.41) is 0. The van der Waals surface area contributed by atoms with Crippen molar-refractivity contribution in [2.75, 3.05) is 5.73 Å². The SMILES string of the molecule is C=C(/C=C\C=II)c1ccc2c(c1N)CCC2. The zero-order valence-electron chi connectivity index (χ0n) is 9.55. The number of nitrogen functional groups attached to an aromatic ring is 1. The predicted molar refractivity (Wildman–Crippen MR) is 95.2 cm³/mol. The number of aryl methyl sites for hydroxylation is 1. The highest BCUT2D eigenvalue weighted by atomic mass is 128. The lowest BCUT2D eigenvalue weighted by molar-refractivity contribution is 0.912. The average Bonchev–Trinajstić information content (AvgIpc) is 2.78. The van der Waals surface area contributed by atoms with E-state index in [1.54, 1.807) is 0 Å². The highest BCUT2D eigenvalue weighted by Gasteiger charge is 2.16. The maximum Gasteiger partial charge on any atom is 0.0428 e. The minimum atomic E-state index is 0.178. The Balaban J connectivity index is 2.31. The standard InChI is InChI=1S/C14H15I2N/c1-10(4-3-9-16-15)12-8-7-11-5-2-6-13(11)14(12)17/h3-4,7-9H,1-2,5-6,17H2/b4-3-. The molecule has 0 aliphatic heterocycles. The number of anilines is 1. The van der Waals surface area contributed by atoms with Gasteiger partial charge in [0.1, 0.15) is 0 Å². The van der Waals surface area contributed by atoms with E-state index in [1.165, 1.54) is 24.0 Å². The van der Waals surface area contributed by atoms with Gasteiger partial charge in [-0.1, -0.05) is 30.9 Å². The van der Waals surface area contributed by atoms with Crippen LogP contribution in [0.3, 0.4) is 0 Å². The molecule has 0 saturated heterocycles. The van der Waals surface area contributed by atoms with E-state index in [0.29, 0.717) is 0 Å². The van der Waals surface area contributed by atoms with Crippen molar-refractivity contribution in [2.45, 2.75) is 19.3 Å². The zero-order valence-corrected chi connectivity index (χ0v) is 13.9. The number of nitrogens with two attached hydrogens (primary N) is 1. The Kier molecular flexibility index (Phi) is 4.78. The predicted octanol–water partition coefficient (Wildman–Crippen LogP) is 4.45. The highest BCUT2D eigenvalue weighted by Crippen LogP contribution is 2.32. The molecule has 1 aromatic rings. The van der Waals surface area contributed by atoms with Crippen molar-refractivity contribution in [1.82, 2.24) is 0 Å². The Morgan fingerprint density at radius 3 is 3.00 bits per heavy atom. The maximum atomic E-state index is 6.24. The van der Waals surface area contributed by atoms with Crippen LogP contribution < -0.4 is 5.73 Å². The molecular weight excluding hydrogens is 436 g/mol. The molecule has 17 heavy (non-hydrogen) atoms. The first-order valence-corrected chi connectivity index (χ1v) is 13.1. The van der Waals surface area contributed by atoms with Crippen molar-refractivity contribution in [1.29, 1.82) is 0 Å². The number of benzene rings is 1. The second-order valence-corrected chi connectivity index (χ2v) is 8.46. The maximum absolute atomic E-state index is 6.24. The number of hydrogen-bond acceptors (Lipinski definition) is 1. The van der Waals surface area contributed by atoms with Gasteiger partial charge in [0.15, 0.2) is 0 Å². The first kappa shape index (κ1) is 13.3. The van der Waals surface area contributed by atoms with Crippen molar-refractivity contribution in [2.24, 2.45) is 0 Å². The molecule has 0 aromatic heterocycles. The van der Waals surface area contributed by atoms with Crippen molar-refractivity contribution >= 4 is 50.6 Å². The van der Waals surface area contributed by atoms with Crippen LogP contribution in [-0.2, 0) is 12.8 Å². The third kappa shape index (κ3) is 2.99. The van der Waals surface area contributed by atoms with Gasteiger partial charge in [-0.05, 0) is 75.3 Å². The summed E-state index contributed by atoms with van der Waals surface area (Å²) in [5.41, 5.74) is 12.1. The van der Waals surface area contributed by atoms with Gasteiger partial charge >= 0.3 is 0 Å². The molecule has 0 bridgehead atoms. The normalized spacial score (nSPS) is 15.1. The molecule has 1 aliphatic rings. The Hall–Kier alpha value is -0.170. The van der Waals surface area contributed by atoms with Gasteiger partial charge < -0.3 is 5.73 Å². The Morgan fingerprint density at radius 2 is 2.24 bits per heavy atom. The third-order valence-electron chi connectivity index (χ3n) is 3.09. The monoisotopic (exact) mass is 451 g/mol. The molecule has 2 N–H and O–H groups in total. The molecule has 0 fully saturated rings. The van der Waals surface area contributed by atoms with Gasteiger partial charge in [0.05, 0.1) is 0 Å². The molecular formula is C14H15I2N.